The number of nitrogens with zero attached hydrogens (tertiary/aromatic N) is 4. The third-order valence-corrected chi connectivity index (χ3v) is 5.26. The average Bonchev–Trinajstić information content (AvgIpc) is 2.81. The van der Waals surface area contributed by atoms with E-state index in [-0.39, 0.29) is 0 Å². The van der Waals surface area contributed by atoms with E-state index in [1.165, 1.54) is 18.6 Å². The molecule has 96 valence electrons. The number of thioether (sulfide) groups is 1. The fourth-order valence-corrected chi connectivity index (χ4v) is 3.76. The highest BCUT2D eigenvalue weighted by molar-refractivity contribution is 7.99. The summed E-state index contributed by atoms with van der Waals surface area (Å²) in [5.41, 5.74) is 2.88. The summed E-state index contributed by atoms with van der Waals surface area (Å²) in [4.78, 5) is 0. The smallest absolute Gasteiger partial charge is 0.181 e. The molecule has 0 saturated carbocycles. The van der Waals surface area contributed by atoms with Crippen LogP contribution in [0.15, 0.2) is 0 Å². The molecule has 0 spiro atoms. The second-order valence-electron chi connectivity index (χ2n) is 4.69. The summed E-state index contributed by atoms with van der Waals surface area (Å²) in [7, 11) is 0. The largest absolute Gasteiger partial charge is 0.194 e. The first-order chi connectivity index (χ1) is 8.68. The number of hydrogen-bond acceptors (Lipinski definition) is 4. The van der Waals surface area contributed by atoms with Gasteiger partial charge in [0.2, 0.25) is 0 Å². The van der Waals surface area contributed by atoms with E-state index >= 15 is 0 Å². The van der Waals surface area contributed by atoms with Gasteiger partial charge in [-0.15, -0.1) is 10.2 Å². The maximum absolute atomic E-state index is 6.17. The lowest BCUT2D eigenvalue weighted by Crippen LogP contribution is -2.09. The van der Waals surface area contributed by atoms with E-state index in [0.29, 0.717) is 10.4 Å². The molecule has 2 aromatic heterocycles. The summed E-state index contributed by atoms with van der Waals surface area (Å²) in [6.07, 6.45) is 3.70. The predicted molar refractivity (Wildman–Crippen MR) is 74.3 cm³/mol. The zero-order chi connectivity index (χ0) is 12.7. The zero-order valence-electron chi connectivity index (χ0n) is 10.5. The van der Waals surface area contributed by atoms with Crippen molar-refractivity contribution >= 4 is 29.0 Å². The van der Waals surface area contributed by atoms with Crippen molar-refractivity contribution < 1.29 is 0 Å². The van der Waals surface area contributed by atoms with Crippen LogP contribution in [-0.2, 0) is 0 Å². The lowest BCUT2D eigenvalue weighted by atomic mass is 10.2. The van der Waals surface area contributed by atoms with Gasteiger partial charge in [-0.2, -0.15) is 21.4 Å². The Morgan fingerprint density at radius 3 is 2.78 bits per heavy atom. The Labute approximate surface area is 115 Å². The molecule has 18 heavy (non-hydrogen) atoms. The van der Waals surface area contributed by atoms with Crippen LogP contribution in [0.2, 0.25) is 5.15 Å². The minimum Gasteiger partial charge on any atom is -0.194 e. The molecule has 0 radical (unpaired) electrons. The Morgan fingerprint density at radius 1 is 1.22 bits per heavy atom. The van der Waals surface area contributed by atoms with E-state index in [1.807, 2.05) is 30.1 Å². The number of rotatable bonds is 1. The topological polar surface area (TPSA) is 43.1 Å². The number of aryl methyl sites for hydroxylation is 1. The first kappa shape index (κ1) is 12.2. The maximum Gasteiger partial charge on any atom is 0.181 e. The number of fused-ring (bicyclic) bond motifs is 1. The molecule has 0 bridgehead atoms. The molecule has 0 N–H and O–H groups in total. The van der Waals surface area contributed by atoms with Crippen LogP contribution in [0.25, 0.3) is 5.65 Å². The second kappa shape index (κ2) is 4.70. The molecule has 1 unspecified atom stereocenters. The molecule has 4 nitrogen and oxygen atoms in total. The summed E-state index contributed by atoms with van der Waals surface area (Å²) in [5.74, 6) is 2.14. The fraction of sp³-hybridized carbons (Fsp3) is 0.583. The summed E-state index contributed by atoms with van der Waals surface area (Å²) in [6, 6.07) is 0. The zero-order valence-corrected chi connectivity index (χ0v) is 12.1. The molecule has 1 aliphatic heterocycles. The van der Waals surface area contributed by atoms with E-state index in [4.69, 9.17) is 11.6 Å². The SMILES string of the molecule is Cc1c(Cl)nn2c(C3CCCCS3)nnc2c1C. The van der Waals surface area contributed by atoms with Gasteiger partial charge in [0.15, 0.2) is 16.6 Å². The first-order valence-electron chi connectivity index (χ1n) is 6.18. The summed E-state index contributed by atoms with van der Waals surface area (Å²) in [6.45, 7) is 3.99. The lowest BCUT2D eigenvalue weighted by Gasteiger charge is -2.19. The highest BCUT2D eigenvalue weighted by atomic mass is 35.5. The van der Waals surface area contributed by atoms with Crippen LogP contribution in [0, 0.1) is 13.8 Å². The van der Waals surface area contributed by atoms with Gasteiger partial charge >= 0.3 is 0 Å². The molecule has 0 aliphatic carbocycles. The van der Waals surface area contributed by atoms with Crippen molar-refractivity contribution in [1.29, 1.82) is 0 Å². The van der Waals surface area contributed by atoms with Crippen molar-refractivity contribution in [3.8, 4) is 0 Å². The highest BCUT2D eigenvalue weighted by Crippen LogP contribution is 2.37. The van der Waals surface area contributed by atoms with Crippen LogP contribution in [0.1, 0.15) is 41.5 Å². The van der Waals surface area contributed by atoms with Gasteiger partial charge in [0.05, 0.1) is 5.25 Å². The molecule has 1 atom stereocenters. The van der Waals surface area contributed by atoms with Crippen LogP contribution in [0.5, 0.6) is 0 Å². The number of hydrogen-bond donors (Lipinski definition) is 0. The van der Waals surface area contributed by atoms with E-state index in [0.717, 1.165) is 29.0 Å². The van der Waals surface area contributed by atoms with Crippen molar-refractivity contribution in [2.75, 3.05) is 5.75 Å². The maximum atomic E-state index is 6.17. The van der Waals surface area contributed by atoms with Crippen LogP contribution in [0.4, 0.5) is 0 Å². The summed E-state index contributed by atoms with van der Waals surface area (Å²) < 4.78 is 1.83. The van der Waals surface area contributed by atoms with Crippen LogP contribution in [-0.4, -0.2) is 25.6 Å². The molecule has 1 saturated heterocycles. The van der Waals surface area contributed by atoms with Crippen molar-refractivity contribution in [1.82, 2.24) is 19.8 Å². The quantitative estimate of drug-likeness (QED) is 0.804. The Bertz CT molecular complexity index is 589. The molecule has 6 heteroatoms. The first-order valence-corrected chi connectivity index (χ1v) is 7.61. The number of halogens is 1. The minimum absolute atomic E-state index is 0.402. The van der Waals surface area contributed by atoms with Crippen LogP contribution >= 0.6 is 23.4 Å². The van der Waals surface area contributed by atoms with Gasteiger partial charge in [-0.25, -0.2) is 0 Å². The molecule has 1 aliphatic rings. The highest BCUT2D eigenvalue weighted by Gasteiger charge is 2.23. The molecule has 2 aromatic rings. The monoisotopic (exact) mass is 282 g/mol. The molecule has 0 amide bonds. The van der Waals surface area contributed by atoms with Gasteiger partial charge in [-0.3, -0.25) is 0 Å². The molecule has 1 fully saturated rings. The van der Waals surface area contributed by atoms with E-state index in [1.54, 1.807) is 0 Å². The fourth-order valence-electron chi connectivity index (χ4n) is 2.25. The Morgan fingerprint density at radius 2 is 2.06 bits per heavy atom. The summed E-state index contributed by atoms with van der Waals surface area (Å²) >= 11 is 8.11. The lowest BCUT2D eigenvalue weighted by molar-refractivity contribution is 0.645. The van der Waals surface area contributed by atoms with E-state index in [9.17, 15) is 0 Å². The average molecular weight is 283 g/mol. The Kier molecular flexibility index (Phi) is 3.20. The molecule has 3 heterocycles. The Hall–Kier alpha value is -0.810. The Balaban J connectivity index is 2.13. The van der Waals surface area contributed by atoms with Crippen molar-refractivity contribution in [2.45, 2.75) is 38.4 Å². The van der Waals surface area contributed by atoms with Crippen molar-refractivity contribution in [3.05, 3.63) is 22.1 Å². The molecule has 0 aromatic carbocycles. The van der Waals surface area contributed by atoms with Gasteiger partial charge in [0.25, 0.3) is 0 Å². The van der Waals surface area contributed by atoms with Crippen molar-refractivity contribution in [2.24, 2.45) is 0 Å². The van der Waals surface area contributed by atoms with E-state index < -0.39 is 0 Å². The number of aromatic nitrogens is 4. The standard InChI is InChI=1S/C12H15ClN4S/c1-7-8(2)11-14-15-12(17(11)16-10(7)13)9-5-3-4-6-18-9/h9H,3-6H2,1-2H3. The third kappa shape index (κ3) is 1.89. The molecular weight excluding hydrogens is 268 g/mol. The van der Waals surface area contributed by atoms with E-state index in [2.05, 4.69) is 15.3 Å². The second-order valence-corrected chi connectivity index (χ2v) is 6.36. The van der Waals surface area contributed by atoms with Crippen molar-refractivity contribution in [3.63, 3.8) is 0 Å². The summed E-state index contributed by atoms with van der Waals surface area (Å²) in [5, 5.41) is 14.0. The molecule has 3 rings (SSSR count). The van der Waals surface area contributed by atoms with Gasteiger partial charge in [0.1, 0.15) is 0 Å². The van der Waals surface area contributed by atoms with Gasteiger partial charge < -0.3 is 0 Å². The molecular formula is C12H15ClN4S. The predicted octanol–water partition coefficient (Wildman–Crippen LogP) is 3.35. The third-order valence-electron chi connectivity index (χ3n) is 3.53. The van der Waals surface area contributed by atoms with Gasteiger partial charge in [0, 0.05) is 5.56 Å². The van der Waals surface area contributed by atoms with Crippen LogP contribution < -0.4 is 0 Å². The normalized spacial score (nSPS) is 20.5. The minimum atomic E-state index is 0.402. The van der Waals surface area contributed by atoms with Gasteiger partial charge in [-0.05, 0) is 38.0 Å². The van der Waals surface area contributed by atoms with Gasteiger partial charge in [-0.1, -0.05) is 18.0 Å². The van der Waals surface area contributed by atoms with Crippen LogP contribution in [0.3, 0.4) is 0 Å².